The molecule has 1 aromatic carbocycles. The van der Waals surface area contributed by atoms with Crippen molar-refractivity contribution in [3.8, 4) is 0 Å². The number of nitro groups is 1. The average Bonchev–Trinajstić information content (AvgIpc) is 2.42. The van der Waals surface area contributed by atoms with Crippen LogP contribution < -0.4 is 16.6 Å². The van der Waals surface area contributed by atoms with E-state index in [0.717, 1.165) is 12.3 Å². The lowest BCUT2D eigenvalue weighted by Crippen LogP contribution is -2.12. The minimum absolute atomic E-state index is 0.137. The van der Waals surface area contributed by atoms with Crippen LogP contribution in [0.3, 0.4) is 0 Å². The minimum Gasteiger partial charge on any atom is -0.331 e. The van der Waals surface area contributed by atoms with Gasteiger partial charge in [0.15, 0.2) is 5.82 Å². The smallest absolute Gasteiger partial charge is 0.329 e. The number of hydrogen-bond acceptors (Lipinski definition) is 7. The van der Waals surface area contributed by atoms with E-state index in [1.54, 1.807) is 0 Å². The molecule has 0 aliphatic heterocycles. The van der Waals surface area contributed by atoms with E-state index in [1.165, 1.54) is 0 Å². The Labute approximate surface area is 121 Å². The molecule has 0 saturated heterocycles. The van der Waals surface area contributed by atoms with Crippen LogP contribution in [0.4, 0.5) is 31.9 Å². The van der Waals surface area contributed by atoms with Crippen molar-refractivity contribution in [1.82, 2.24) is 9.97 Å². The van der Waals surface area contributed by atoms with Gasteiger partial charge < -0.3 is 5.32 Å². The minimum atomic E-state index is -1.03. The number of halogens is 3. The van der Waals surface area contributed by atoms with Crippen molar-refractivity contribution in [1.29, 1.82) is 0 Å². The Morgan fingerprint density at radius 3 is 2.67 bits per heavy atom. The van der Waals surface area contributed by atoms with Gasteiger partial charge in [-0.05, 0) is 6.07 Å². The maximum absolute atomic E-state index is 13.7. The lowest BCUT2D eigenvalue weighted by molar-refractivity contribution is -0.384. The predicted octanol–water partition coefficient (Wildman–Crippen LogP) is 2.35. The molecule has 0 bridgehead atoms. The first-order valence-corrected chi connectivity index (χ1v) is 5.69. The highest BCUT2D eigenvalue weighted by Crippen LogP contribution is 2.32. The Bertz CT molecular complexity index is 691. The molecule has 0 aliphatic carbocycles. The summed E-state index contributed by atoms with van der Waals surface area (Å²) in [6.07, 6.45) is 0.875. The second-order valence-corrected chi connectivity index (χ2v) is 4.11. The number of anilines is 3. The molecule has 0 saturated carbocycles. The number of nitrogens with two attached hydrogens (primary N) is 1. The molecular formula is C10H7ClF2N6O2. The van der Waals surface area contributed by atoms with E-state index in [2.05, 4.69) is 20.7 Å². The number of nitrogens with zero attached hydrogens (tertiary/aromatic N) is 3. The maximum Gasteiger partial charge on any atom is 0.329 e. The van der Waals surface area contributed by atoms with Crippen LogP contribution in [-0.2, 0) is 0 Å². The Kier molecular flexibility index (Phi) is 4.10. The summed E-state index contributed by atoms with van der Waals surface area (Å²) in [5.41, 5.74) is 1.19. The van der Waals surface area contributed by atoms with Crippen LogP contribution in [0.1, 0.15) is 0 Å². The van der Waals surface area contributed by atoms with Crippen molar-refractivity contribution in [2.75, 3.05) is 10.7 Å². The van der Waals surface area contributed by atoms with Gasteiger partial charge in [-0.3, -0.25) is 15.5 Å². The van der Waals surface area contributed by atoms with Gasteiger partial charge in [0.25, 0.3) is 0 Å². The zero-order valence-corrected chi connectivity index (χ0v) is 10.9. The number of nitrogens with one attached hydrogen (secondary N) is 2. The molecule has 8 nitrogen and oxygen atoms in total. The van der Waals surface area contributed by atoms with Gasteiger partial charge in [-0.25, -0.2) is 19.6 Å². The fraction of sp³-hybridized carbons (Fsp3) is 0. The molecule has 1 heterocycles. The largest absolute Gasteiger partial charge is 0.331 e. The van der Waals surface area contributed by atoms with Gasteiger partial charge in [-0.1, -0.05) is 11.6 Å². The van der Waals surface area contributed by atoms with Gasteiger partial charge in [0.05, 0.1) is 15.6 Å². The second kappa shape index (κ2) is 5.81. The summed E-state index contributed by atoms with van der Waals surface area (Å²) in [5, 5.41) is 12.9. The molecule has 21 heavy (non-hydrogen) atoms. The first kappa shape index (κ1) is 14.8. The van der Waals surface area contributed by atoms with Gasteiger partial charge in [-0.2, -0.15) is 4.98 Å². The van der Waals surface area contributed by atoms with Crippen molar-refractivity contribution < 1.29 is 13.7 Å². The van der Waals surface area contributed by atoms with Gasteiger partial charge in [0.1, 0.15) is 12.0 Å². The topological polar surface area (TPSA) is 119 Å². The third-order valence-electron chi connectivity index (χ3n) is 2.35. The molecule has 0 amide bonds. The highest BCUT2D eigenvalue weighted by Gasteiger charge is 2.20. The summed E-state index contributed by atoms with van der Waals surface area (Å²) in [5.74, 6) is 2.69. The molecule has 2 rings (SSSR count). The van der Waals surface area contributed by atoms with Crippen LogP contribution >= 0.6 is 11.6 Å². The molecule has 0 aliphatic rings. The van der Waals surface area contributed by atoms with Gasteiger partial charge in [-0.15, -0.1) is 0 Å². The Morgan fingerprint density at radius 1 is 1.38 bits per heavy atom. The third-order valence-corrected chi connectivity index (χ3v) is 2.64. The van der Waals surface area contributed by atoms with E-state index in [9.17, 15) is 18.9 Å². The van der Waals surface area contributed by atoms with Crippen LogP contribution in [0.2, 0.25) is 5.02 Å². The Morgan fingerprint density at radius 2 is 2.10 bits per heavy atom. The number of benzene rings is 1. The number of aromatic nitrogens is 2. The summed E-state index contributed by atoms with van der Waals surface area (Å²) in [6.45, 7) is 0. The van der Waals surface area contributed by atoms with Crippen molar-refractivity contribution in [2.24, 2.45) is 5.84 Å². The highest BCUT2D eigenvalue weighted by atomic mass is 35.5. The molecule has 0 unspecified atom stereocenters. The first-order valence-electron chi connectivity index (χ1n) is 5.32. The van der Waals surface area contributed by atoms with E-state index in [-0.39, 0.29) is 22.5 Å². The molecular weight excluding hydrogens is 310 g/mol. The number of nitrogen functional groups attached to an aromatic ring is 1. The van der Waals surface area contributed by atoms with Gasteiger partial charge >= 0.3 is 5.69 Å². The van der Waals surface area contributed by atoms with E-state index in [0.29, 0.717) is 6.07 Å². The van der Waals surface area contributed by atoms with Crippen molar-refractivity contribution in [3.05, 3.63) is 45.1 Å². The van der Waals surface area contributed by atoms with Crippen LogP contribution in [0, 0.1) is 21.7 Å². The van der Waals surface area contributed by atoms with E-state index < -0.39 is 22.2 Å². The highest BCUT2D eigenvalue weighted by molar-refractivity contribution is 6.33. The molecule has 0 atom stereocenters. The maximum atomic E-state index is 13.7. The van der Waals surface area contributed by atoms with E-state index in [1.807, 2.05) is 0 Å². The zero-order valence-electron chi connectivity index (χ0n) is 10.1. The quantitative estimate of drug-likeness (QED) is 0.450. The fourth-order valence-corrected chi connectivity index (χ4v) is 1.69. The van der Waals surface area contributed by atoms with Gasteiger partial charge in [0, 0.05) is 6.07 Å². The summed E-state index contributed by atoms with van der Waals surface area (Å²) in [4.78, 5) is 17.4. The van der Waals surface area contributed by atoms with Crippen molar-refractivity contribution in [3.63, 3.8) is 0 Å². The monoisotopic (exact) mass is 316 g/mol. The lowest BCUT2D eigenvalue weighted by Gasteiger charge is -2.10. The molecule has 0 radical (unpaired) electrons. The number of hydrogen-bond donors (Lipinski definition) is 3. The molecule has 0 spiro atoms. The summed E-state index contributed by atoms with van der Waals surface area (Å²) < 4.78 is 26.6. The summed E-state index contributed by atoms with van der Waals surface area (Å²) in [6, 6.07) is 1.42. The average molecular weight is 317 g/mol. The molecule has 0 fully saturated rings. The number of hydrazine groups is 1. The van der Waals surface area contributed by atoms with E-state index in [4.69, 9.17) is 17.4 Å². The standard InChI is InChI=1S/C10H7ClF2N6O2/c11-5-1-4(12)2-6(13)8(5)16-9-7(19(20)21)3-15-10(17-9)18-14/h1-3H,14H2,(H2,15,16,17,18). The van der Waals surface area contributed by atoms with Crippen LogP contribution in [0.5, 0.6) is 0 Å². The first-order chi connectivity index (χ1) is 9.92. The molecule has 1 aromatic heterocycles. The molecule has 4 N–H and O–H groups in total. The van der Waals surface area contributed by atoms with Crippen LogP contribution in [-0.4, -0.2) is 14.9 Å². The normalized spacial score (nSPS) is 10.3. The predicted molar refractivity (Wildman–Crippen MR) is 71.1 cm³/mol. The molecule has 110 valence electrons. The Balaban J connectivity index is 2.50. The molecule has 2 aromatic rings. The fourth-order valence-electron chi connectivity index (χ4n) is 1.45. The van der Waals surface area contributed by atoms with Crippen LogP contribution in [0.15, 0.2) is 18.3 Å². The van der Waals surface area contributed by atoms with E-state index >= 15 is 0 Å². The second-order valence-electron chi connectivity index (χ2n) is 3.70. The Hall–Kier alpha value is -2.59. The van der Waals surface area contributed by atoms with Crippen LogP contribution in [0.25, 0.3) is 0 Å². The summed E-state index contributed by atoms with van der Waals surface area (Å²) >= 11 is 5.69. The lowest BCUT2D eigenvalue weighted by atomic mass is 10.3. The number of rotatable bonds is 4. The zero-order chi connectivity index (χ0) is 15.6. The molecule has 11 heteroatoms. The summed E-state index contributed by atoms with van der Waals surface area (Å²) in [7, 11) is 0. The van der Waals surface area contributed by atoms with Crippen molar-refractivity contribution >= 4 is 34.7 Å². The third kappa shape index (κ3) is 3.12. The SMILES string of the molecule is NNc1ncc([N+](=O)[O-])c(Nc2c(F)cc(F)cc2Cl)n1. The van der Waals surface area contributed by atoms with Gasteiger partial charge in [0.2, 0.25) is 11.8 Å². The van der Waals surface area contributed by atoms with Crippen molar-refractivity contribution in [2.45, 2.75) is 0 Å².